The Morgan fingerprint density at radius 2 is 2.10 bits per heavy atom. The number of hydrogen-bond donors (Lipinski definition) is 2. The van der Waals surface area contributed by atoms with Crippen molar-refractivity contribution in [3.05, 3.63) is 33.6 Å². The van der Waals surface area contributed by atoms with Gasteiger partial charge < -0.3 is 11.5 Å². The Hall–Kier alpha value is -1.89. The lowest BCUT2D eigenvalue weighted by Crippen LogP contribution is -2.19. The fourth-order valence-electron chi connectivity index (χ4n) is 2.45. The number of halogens is 1. The summed E-state index contributed by atoms with van der Waals surface area (Å²) in [4.78, 5) is 16.3. The van der Waals surface area contributed by atoms with Gasteiger partial charge >= 0.3 is 0 Å². The van der Waals surface area contributed by atoms with E-state index in [9.17, 15) is 4.79 Å². The quantitative estimate of drug-likeness (QED) is 0.870. The fraction of sp³-hybridized carbons (Fsp3) is 0.308. The molecule has 4 N–H and O–H groups in total. The zero-order valence-electron chi connectivity index (χ0n) is 10.8. The average molecular weight is 336 g/mol. The summed E-state index contributed by atoms with van der Waals surface area (Å²) in [5.41, 5.74) is 13.7. The number of hydrogen-bond acceptors (Lipinski definition) is 4. The van der Waals surface area contributed by atoms with E-state index in [1.165, 1.54) is 4.68 Å². The van der Waals surface area contributed by atoms with Gasteiger partial charge in [-0.25, -0.2) is 9.67 Å². The summed E-state index contributed by atoms with van der Waals surface area (Å²) in [7, 11) is 0. The molecule has 0 spiro atoms. The Morgan fingerprint density at radius 3 is 2.75 bits per heavy atom. The summed E-state index contributed by atoms with van der Waals surface area (Å²) in [5.74, 6) is 0.279. The van der Waals surface area contributed by atoms with Crippen LogP contribution in [0.5, 0.6) is 0 Å². The zero-order valence-corrected chi connectivity index (χ0v) is 12.4. The van der Waals surface area contributed by atoms with E-state index in [4.69, 9.17) is 11.5 Å². The molecule has 7 heteroatoms. The number of aryl methyl sites for hydroxylation is 2. The van der Waals surface area contributed by atoms with Crippen LogP contribution in [0.4, 0.5) is 5.82 Å². The molecule has 0 aliphatic heterocycles. The van der Waals surface area contributed by atoms with Crippen LogP contribution in [0, 0.1) is 0 Å². The van der Waals surface area contributed by atoms with Gasteiger partial charge in [-0.1, -0.05) is 0 Å². The number of carbonyl (C=O) groups is 1. The van der Waals surface area contributed by atoms with E-state index in [1.807, 2.05) is 6.07 Å². The largest absolute Gasteiger partial charge is 0.381 e. The number of fused-ring (bicyclic) bond motifs is 1. The van der Waals surface area contributed by atoms with E-state index >= 15 is 0 Å². The Balaban J connectivity index is 2.19. The SMILES string of the molecule is NC(=O)c1cc2c(nc1-n1cc(Br)c(N)n1)CCCC2. The lowest BCUT2D eigenvalue weighted by molar-refractivity contribution is 0.0999. The molecule has 0 aromatic carbocycles. The average Bonchev–Trinajstić information content (AvgIpc) is 2.77. The summed E-state index contributed by atoms with van der Waals surface area (Å²) >= 11 is 3.30. The van der Waals surface area contributed by atoms with Gasteiger partial charge in [-0.15, -0.1) is 5.10 Å². The summed E-state index contributed by atoms with van der Waals surface area (Å²) in [6.45, 7) is 0. The number of carbonyl (C=O) groups excluding carboxylic acids is 1. The number of anilines is 1. The molecule has 0 atom stereocenters. The van der Waals surface area contributed by atoms with Crippen LogP contribution in [0.25, 0.3) is 5.82 Å². The van der Waals surface area contributed by atoms with Crippen molar-refractivity contribution in [2.45, 2.75) is 25.7 Å². The predicted molar refractivity (Wildman–Crippen MR) is 78.6 cm³/mol. The molecule has 20 heavy (non-hydrogen) atoms. The molecule has 0 bridgehead atoms. The first-order chi connectivity index (χ1) is 9.56. The van der Waals surface area contributed by atoms with Crippen LogP contribution in [-0.2, 0) is 12.8 Å². The summed E-state index contributed by atoms with van der Waals surface area (Å²) in [5, 5.41) is 4.15. The minimum atomic E-state index is -0.508. The molecular weight excluding hydrogens is 322 g/mol. The Morgan fingerprint density at radius 1 is 1.35 bits per heavy atom. The second kappa shape index (κ2) is 4.90. The predicted octanol–water partition coefficient (Wildman–Crippen LogP) is 1.59. The van der Waals surface area contributed by atoms with Crippen molar-refractivity contribution in [1.82, 2.24) is 14.8 Å². The molecular formula is C13H14BrN5O. The molecule has 0 saturated carbocycles. The molecule has 104 valence electrons. The second-order valence-corrected chi connectivity index (χ2v) is 5.70. The number of primary amides is 1. The standard InChI is InChI=1S/C13H14BrN5O/c14-9-6-19(18-11(9)15)13-8(12(16)20)5-7-3-1-2-4-10(7)17-13/h5-6H,1-4H2,(H2,15,18)(H2,16,20). The van der Waals surface area contributed by atoms with Gasteiger partial charge in [-0.3, -0.25) is 4.79 Å². The molecule has 1 amide bonds. The molecule has 0 unspecified atom stereocenters. The number of nitrogens with zero attached hydrogens (tertiary/aromatic N) is 3. The van der Waals surface area contributed by atoms with E-state index in [0.29, 0.717) is 21.7 Å². The Kier molecular flexibility index (Phi) is 3.21. The monoisotopic (exact) mass is 335 g/mol. The molecule has 2 aromatic heterocycles. The summed E-state index contributed by atoms with van der Waals surface area (Å²) in [6, 6.07) is 1.84. The van der Waals surface area contributed by atoms with Crippen molar-refractivity contribution >= 4 is 27.7 Å². The third-order valence-corrected chi connectivity index (χ3v) is 4.07. The van der Waals surface area contributed by atoms with Gasteiger partial charge in [-0.2, -0.15) is 0 Å². The first-order valence-corrected chi connectivity index (χ1v) is 7.19. The first-order valence-electron chi connectivity index (χ1n) is 6.40. The molecule has 2 aromatic rings. The maximum atomic E-state index is 11.7. The number of nitrogen functional groups attached to an aromatic ring is 1. The number of nitrogens with two attached hydrogens (primary N) is 2. The first kappa shape index (κ1) is 13.1. The number of aromatic nitrogens is 3. The third-order valence-electron chi connectivity index (χ3n) is 3.46. The number of rotatable bonds is 2. The normalized spacial score (nSPS) is 14.1. The van der Waals surface area contributed by atoms with Crippen molar-refractivity contribution in [2.24, 2.45) is 5.73 Å². The van der Waals surface area contributed by atoms with Crippen LogP contribution < -0.4 is 11.5 Å². The Bertz CT molecular complexity index is 675. The van der Waals surface area contributed by atoms with Gasteiger partial charge in [0.05, 0.1) is 10.0 Å². The van der Waals surface area contributed by atoms with Gasteiger partial charge in [0.2, 0.25) is 0 Å². The molecule has 2 heterocycles. The lowest BCUT2D eigenvalue weighted by atomic mass is 9.94. The van der Waals surface area contributed by atoms with Crippen molar-refractivity contribution < 1.29 is 4.79 Å². The third kappa shape index (κ3) is 2.18. The van der Waals surface area contributed by atoms with Gasteiger partial charge in [0, 0.05) is 11.9 Å². The molecule has 1 aliphatic carbocycles. The van der Waals surface area contributed by atoms with Crippen LogP contribution in [-0.4, -0.2) is 20.7 Å². The second-order valence-electron chi connectivity index (χ2n) is 4.84. The van der Waals surface area contributed by atoms with E-state index in [2.05, 4.69) is 26.0 Å². The topological polar surface area (TPSA) is 99.8 Å². The molecule has 6 nitrogen and oxygen atoms in total. The van der Waals surface area contributed by atoms with Crippen LogP contribution >= 0.6 is 15.9 Å². The van der Waals surface area contributed by atoms with Crippen LogP contribution in [0.3, 0.4) is 0 Å². The lowest BCUT2D eigenvalue weighted by Gasteiger charge is -2.17. The highest BCUT2D eigenvalue weighted by atomic mass is 79.9. The molecule has 0 saturated heterocycles. The van der Waals surface area contributed by atoms with Gasteiger partial charge in [0.15, 0.2) is 11.6 Å². The van der Waals surface area contributed by atoms with Crippen molar-refractivity contribution in [3.63, 3.8) is 0 Å². The minimum absolute atomic E-state index is 0.347. The molecule has 3 rings (SSSR count). The van der Waals surface area contributed by atoms with Crippen molar-refractivity contribution in [2.75, 3.05) is 5.73 Å². The highest BCUT2D eigenvalue weighted by molar-refractivity contribution is 9.10. The van der Waals surface area contributed by atoms with Crippen LogP contribution in [0.1, 0.15) is 34.5 Å². The fourth-order valence-corrected chi connectivity index (χ4v) is 2.73. The van der Waals surface area contributed by atoms with E-state index in [-0.39, 0.29) is 0 Å². The van der Waals surface area contributed by atoms with Gasteiger partial charge in [0.25, 0.3) is 5.91 Å². The maximum absolute atomic E-state index is 11.7. The summed E-state index contributed by atoms with van der Waals surface area (Å²) < 4.78 is 2.15. The van der Waals surface area contributed by atoms with Gasteiger partial charge in [0.1, 0.15) is 0 Å². The number of amides is 1. The molecule has 0 radical (unpaired) electrons. The smallest absolute Gasteiger partial charge is 0.252 e. The number of pyridine rings is 1. The van der Waals surface area contributed by atoms with E-state index in [0.717, 1.165) is 36.9 Å². The van der Waals surface area contributed by atoms with E-state index in [1.54, 1.807) is 6.20 Å². The molecule has 1 aliphatic rings. The molecule has 0 fully saturated rings. The Labute approximate surface area is 124 Å². The van der Waals surface area contributed by atoms with E-state index < -0.39 is 5.91 Å². The minimum Gasteiger partial charge on any atom is -0.381 e. The highest BCUT2D eigenvalue weighted by Crippen LogP contribution is 2.25. The van der Waals surface area contributed by atoms with Crippen LogP contribution in [0.2, 0.25) is 0 Å². The summed E-state index contributed by atoms with van der Waals surface area (Å²) in [6.07, 6.45) is 5.76. The zero-order chi connectivity index (χ0) is 14.3. The highest BCUT2D eigenvalue weighted by Gasteiger charge is 2.20. The maximum Gasteiger partial charge on any atom is 0.252 e. The van der Waals surface area contributed by atoms with Crippen molar-refractivity contribution in [3.8, 4) is 5.82 Å². The van der Waals surface area contributed by atoms with Crippen molar-refractivity contribution in [1.29, 1.82) is 0 Å². The van der Waals surface area contributed by atoms with Gasteiger partial charge in [-0.05, 0) is 53.2 Å². The van der Waals surface area contributed by atoms with Crippen LogP contribution in [0.15, 0.2) is 16.7 Å².